The zero-order chi connectivity index (χ0) is 27.2. The van der Waals surface area contributed by atoms with Crippen molar-refractivity contribution in [2.24, 2.45) is 0 Å². The fraction of sp³-hybridized carbons (Fsp3) is 0.786. The lowest BCUT2D eigenvalue weighted by molar-refractivity contribution is -0.619. The standard InChI is InChI=1S/C14H6F14O5S/c1-3-4(29)32-7-10(19,20)5(15)9(17,18)6(16,11(7,21)22)13(25,26)8(12(5,23)24,14(7,27)28)33-34(2,30)31/h3H,1H2,2H3. The van der Waals surface area contributed by atoms with Crippen molar-refractivity contribution in [3.63, 3.8) is 0 Å². The lowest BCUT2D eigenvalue weighted by Gasteiger charge is -2.75. The molecule has 2 atom stereocenters. The van der Waals surface area contributed by atoms with Crippen molar-refractivity contribution < 1.29 is 83.6 Å². The Balaban J connectivity index is 2.78. The van der Waals surface area contributed by atoms with Crippen LogP contribution in [0.15, 0.2) is 12.7 Å². The molecule has 0 heterocycles. The van der Waals surface area contributed by atoms with Crippen molar-refractivity contribution in [1.29, 1.82) is 0 Å². The number of carbonyl (C=O) groups is 1. The van der Waals surface area contributed by atoms with Crippen LogP contribution in [0.3, 0.4) is 0 Å². The first-order chi connectivity index (χ1) is 14.7. The van der Waals surface area contributed by atoms with Gasteiger partial charge in [0.05, 0.1) is 6.26 Å². The Morgan fingerprint density at radius 1 is 0.647 bits per heavy atom. The highest BCUT2D eigenvalue weighted by molar-refractivity contribution is 7.86. The Bertz CT molecular complexity index is 1060. The molecule has 5 nitrogen and oxygen atoms in total. The Labute approximate surface area is 177 Å². The van der Waals surface area contributed by atoms with Crippen molar-refractivity contribution in [2.45, 2.75) is 58.1 Å². The predicted octanol–water partition coefficient (Wildman–Crippen LogP) is 3.44. The number of hydrogen-bond acceptors (Lipinski definition) is 5. The zero-order valence-corrected chi connectivity index (χ0v) is 16.3. The van der Waals surface area contributed by atoms with Crippen LogP contribution in [0, 0.1) is 0 Å². The topological polar surface area (TPSA) is 69.7 Å². The molecule has 4 saturated carbocycles. The van der Waals surface area contributed by atoms with E-state index in [1.165, 1.54) is 0 Å². The molecule has 196 valence electrons. The molecular formula is C14H6F14O5S. The maximum absolute atomic E-state index is 15.2. The third kappa shape index (κ3) is 1.80. The minimum Gasteiger partial charge on any atom is -0.436 e. The van der Waals surface area contributed by atoms with E-state index in [0.717, 1.165) is 0 Å². The summed E-state index contributed by atoms with van der Waals surface area (Å²) in [6.07, 6.45) is -1.25. The van der Waals surface area contributed by atoms with Crippen LogP contribution in [0.1, 0.15) is 0 Å². The summed E-state index contributed by atoms with van der Waals surface area (Å²) in [6.45, 7) is 2.33. The number of carbonyl (C=O) groups excluding carboxylic acids is 1. The van der Waals surface area contributed by atoms with Gasteiger partial charge >= 0.3 is 58.4 Å². The summed E-state index contributed by atoms with van der Waals surface area (Å²) in [5.74, 6) is -50.1. The summed E-state index contributed by atoms with van der Waals surface area (Å²) >= 11 is 0. The Hall–Kier alpha value is -1.86. The number of ether oxygens (including phenoxy) is 1. The quantitative estimate of drug-likeness (QED) is 0.232. The first-order valence-electron chi connectivity index (χ1n) is 8.07. The molecule has 0 N–H and O–H groups in total. The van der Waals surface area contributed by atoms with Gasteiger partial charge in [-0.25, -0.2) is 17.8 Å². The largest absolute Gasteiger partial charge is 0.436 e. The lowest BCUT2D eigenvalue weighted by Crippen LogP contribution is -3.11. The van der Waals surface area contributed by atoms with Crippen LogP contribution in [0.25, 0.3) is 0 Å². The number of hydrogen-bond donors (Lipinski definition) is 0. The summed E-state index contributed by atoms with van der Waals surface area (Å²) in [4.78, 5) is 11.3. The van der Waals surface area contributed by atoms with Gasteiger partial charge < -0.3 is 4.74 Å². The fourth-order valence-corrected chi connectivity index (χ4v) is 5.36. The van der Waals surface area contributed by atoms with Gasteiger partial charge in [-0.1, -0.05) is 6.58 Å². The molecule has 4 rings (SSSR count). The third-order valence-electron chi connectivity index (χ3n) is 5.95. The van der Waals surface area contributed by atoms with Crippen molar-refractivity contribution in [3.8, 4) is 0 Å². The molecule has 0 saturated heterocycles. The minimum absolute atomic E-state index is 0.588. The zero-order valence-electron chi connectivity index (χ0n) is 15.5. The monoisotopic (exact) mass is 552 g/mol. The van der Waals surface area contributed by atoms with E-state index >= 15 is 17.6 Å². The van der Waals surface area contributed by atoms with Crippen molar-refractivity contribution >= 4 is 16.1 Å². The molecule has 0 aromatic rings. The van der Waals surface area contributed by atoms with E-state index < -0.39 is 86.5 Å². The number of alkyl halides is 14. The first-order valence-corrected chi connectivity index (χ1v) is 9.88. The Morgan fingerprint density at radius 3 is 1.26 bits per heavy atom. The molecule has 34 heavy (non-hydrogen) atoms. The number of esters is 1. The van der Waals surface area contributed by atoms with Gasteiger partial charge in [-0.05, 0) is 0 Å². The molecule has 0 radical (unpaired) electrons. The first kappa shape index (κ1) is 26.7. The summed E-state index contributed by atoms with van der Waals surface area (Å²) in [7, 11) is -6.39. The van der Waals surface area contributed by atoms with Gasteiger partial charge in [0.2, 0.25) is 0 Å². The van der Waals surface area contributed by atoms with E-state index in [2.05, 4.69) is 15.5 Å². The number of halogens is 14. The maximum atomic E-state index is 15.2. The molecule has 4 bridgehead atoms. The van der Waals surface area contributed by atoms with Gasteiger partial charge in [-0.3, -0.25) is 0 Å². The molecule has 0 aromatic carbocycles. The van der Waals surface area contributed by atoms with Gasteiger partial charge in [0.25, 0.3) is 15.7 Å². The SMILES string of the molecule is C=CC(=O)OC12C(F)(F)C3(F)C(F)(F)C(F)(C1(F)F)C(F)(F)C(OS(C)(=O)=O)(C3(F)F)C2(F)F. The smallest absolute Gasteiger partial charge is 0.344 e. The molecule has 0 amide bonds. The second-order valence-electron chi connectivity index (χ2n) is 7.54. The molecule has 0 spiro atoms. The second kappa shape index (κ2) is 5.75. The van der Waals surface area contributed by atoms with Crippen LogP contribution >= 0.6 is 0 Å². The van der Waals surface area contributed by atoms with Crippen LogP contribution in [-0.2, 0) is 23.8 Å². The number of rotatable bonds is 4. The second-order valence-corrected chi connectivity index (χ2v) is 9.11. The normalized spacial score (nSPS) is 43.9. The predicted molar refractivity (Wildman–Crippen MR) is 75.0 cm³/mol. The highest BCUT2D eigenvalue weighted by Crippen LogP contribution is 2.88. The van der Waals surface area contributed by atoms with Gasteiger partial charge in [-0.15, -0.1) is 0 Å². The molecule has 0 aromatic heterocycles. The highest BCUT2D eigenvalue weighted by atomic mass is 32.2. The molecule has 2 unspecified atom stereocenters. The average Bonchev–Trinajstić information content (AvgIpc) is 2.63. The van der Waals surface area contributed by atoms with Crippen LogP contribution in [0.4, 0.5) is 61.5 Å². The summed E-state index contributed by atoms with van der Waals surface area (Å²) in [5, 5.41) is 0. The van der Waals surface area contributed by atoms with E-state index in [-0.39, 0.29) is 0 Å². The third-order valence-corrected chi connectivity index (χ3v) is 6.50. The Morgan fingerprint density at radius 2 is 0.971 bits per heavy atom. The fourth-order valence-electron chi connectivity index (χ4n) is 4.59. The van der Waals surface area contributed by atoms with Gasteiger partial charge in [0.1, 0.15) is 0 Å². The summed E-state index contributed by atoms with van der Waals surface area (Å²) in [5.41, 5.74) is -30.3. The van der Waals surface area contributed by atoms with Crippen molar-refractivity contribution in [3.05, 3.63) is 12.7 Å². The summed E-state index contributed by atoms with van der Waals surface area (Å²) < 4.78 is 236. The molecule has 4 aliphatic carbocycles. The molecule has 20 heteroatoms. The highest BCUT2D eigenvalue weighted by Gasteiger charge is 3.24. The van der Waals surface area contributed by atoms with E-state index in [0.29, 0.717) is 0 Å². The molecule has 4 fully saturated rings. The minimum atomic E-state index is -7.97. The van der Waals surface area contributed by atoms with Crippen LogP contribution < -0.4 is 0 Å². The van der Waals surface area contributed by atoms with E-state index in [9.17, 15) is 57.1 Å². The molecular weight excluding hydrogens is 546 g/mol. The Kier molecular flexibility index (Phi) is 4.52. The van der Waals surface area contributed by atoms with Gasteiger partial charge in [0.15, 0.2) is 0 Å². The molecule has 0 aliphatic heterocycles. The average molecular weight is 552 g/mol. The van der Waals surface area contributed by atoms with E-state index in [1.807, 2.05) is 0 Å². The van der Waals surface area contributed by atoms with E-state index in [4.69, 9.17) is 0 Å². The lowest BCUT2D eigenvalue weighted by atomic mass is 9.39. The summed E-state index contributed by atoms with van der Waals surface area (Å²) in [6, 6.07) is 0. The van der Waals surface area contributed by atoms with Crippen molar-refractivity contribution in [1.82, 2.24) is 0 Å². The maximum Gasteiger partial charge on any atom is 0.344 e. The van der Waals surface area contributed by atoms with Gasteiger partial charge in [-0.2, -0.15) is 61.1 Å². The molecule has 4 aliphatic rings. The van der Waals surface area contributed by atoms with Crippen LogP contribution in [-0.4, -0.2) is 78.7 Å². The van der Waals surface area contributed by atoms with Crippen LogP contribution in [0.2, 0.25) is 0 Å². The van der Waals surface area contributed by atoms with E-state index in [1.54, 1.807) is 0 Å². The van der Waals surface area contributed by atoms with Gasteiger partial charge in [0, 0.05) is 6.08 Å². The van der Waals surface area contributed by atoms with Crippen LogP contribution in [0.5, 0.6) is 0 Å². The van der Waals surface area contributed by atoms with Crippen molar-refractivity contribution in [2.75, 3.05) is 6.26 Å².